The van der Waals surface area contributed by atoms with Gasteiger partial charge in [0.2, 0.25) is 0 Å². The molecule has 0 atom stereocenters. The van der Waals surface area contributed by atoms with Crippen LogP contribution >= 0.6 is 15.9 Å². The SMILES string of the molecule is BrCCCCCOCCc1ccccc1.CCOC(CNCCCCCOCCc1ccccc1)OCC. The third kappa shape index (κ3) is 21.6. The molecule has 0 aliphatic heterocycles. The maximum atomic E-state index is 5.69. The highest BCUT2D eigenvalue weighted by molar-refractivity contribution is 9.09. The molecule has 0 unspecified atom stereocenters. The second-order valence-corrected chi connectivity index (χ2v) is 9.84. The van der Waals surface area contributed by atoms with Gasteiger partial charge in [-0.05, 0) is 76.5 Å². The van der Waals surface area contributed by atoms with E-state index in [1.54, 1.807) is 0 Å². The Bertz CT molecular complexity index is 714. The Labute approximate surface area is 241 Å². The Morgan fingerprint density at radius 3 is 1.61 bits per heavy atom. The van der Waals surface area contributed by atoms with Crippen LogP contribution in [0.2, 0.25) is 0 Å². The van der Waals surface area contributed by atoms with Gasteiger partial charge in [0.05, 0.1) is 13.2 Å². The van der Waals surface area contributed by atoms with Crippen molar-refractivity contribution in [2.45, 2.75) is 71.5 Å². The zero-order valence-corrected chi connectivity index (χ0v) is 25.5. The topological polar surface area (TPSA) is 49.0 Å². The van der Waals surface area contributed by atoms with Crippen molar-refractivity contribution < 1.29 is 18.9 Å². The summed E-state index contributed by atoms with van der Waals surface area (Å²) in [4.78, 5) is 0. The van der Waals surface area contributed by atoms with Crippen molar-refractivity contribution in [1.29, 1.82) is 0 Å². The van der Waals surface area contributed by atoms with Crippen LogP contribution in [0.1, 0.15) is 63.5 Å². The van der Waals surface area contributed by atoms with Gasteiger partial charge in [-0.25, -0.2) is 0 Å². The van der Waals surface area contributed by atoms with E-state index in [0.29, 0.717) is 13.2 Å². The zero-order chi connectivity index (χ0) is 27.4. The lowest BCUT2D eigenvalue weighted by atomic mass is 10.2. The van der Waals surface area contributed by atoms with Gasteiger partial charge in [0.15, 0.2) is 6.29 Å². The number of unbranched alkanes of at least 4 members (excludes halogenated alkanes) is 4. The second kappa shape index (κ2) is 27.3. The van der Waals surface area contributed by atoms with Gasteiger partial charge in [-0.15, -0.1) is 0 Å². The van der Waals surface area contributed by atoms with Crippen molar-refractivity contribution in [3.8, 4) is 0 Å². The van der Waals surface area contributed by atoms with Gasteiger partial charge in [0, 0.05) is 38.3 Å². The van der Waals surface area contributed by atoms with E-state index in [-0.39, 0.29) is 6.29 Å². The van der Waals surface area contributed by atoms with Crippen LogP contribution < -0.4 is 5.32 Å². The number of rotatable bonds is 23. The average molecular weight is 595 g/mol. The molecule has 0 radical (unpaired) electrons. The largest absolute Gasteiger partial charge is 0.381 e. The predicted octanol–water partition coefficient (Wildman–Crippen LogP) is 7.22. The highest BCUT2D eigenvalue weighted by Crippen LogP contribution is 2.03. The average Bonchev–Trinajstić information content (AvgIpc) is 2.95. The molecule has 0 heterocycles. The standard InChI is InChI=1S/C19H33NO3.C13H19BrO/c1-3-22-19(23-4-2)17-20-14-9-6-10-15-21-16-13-18-11-7-5-8-12-18;14-10-5-2-6-11-15-12-9-13-7-3-1-4-8-13/h5,7-8,11-12,19-20H,3-4,6,9-10,13-17H2,1-2H3;1,3-4,7-8H,2,5-6,9-12H2. The molecule has 0 amide bonds. The van der Waals surface area contributed by atoms with Gasteiger partial charge in [-0.1, -0.05) is 83.0 Å². The van der Waals surface area contributed by atoms with E-state index in [4.69, 9.17) is 18.9 Å². The minimum atomic E-state index is -0.119. The van der Waals surface area contributed by atoms with E-state index in [1.807, 2.05) is 26.0 Å². The van der Waals surface area contributed by atoms with Crippen LogP contribution in [0.4, 0.5) is 0 Å². The van der Waals surface area contributed by atoms with Crippen LogP contribution in [0.5, 0.6) is 0 Å². The van der Waals surface area contributed by atoms with Gasteiger partial charge in [-0.3, -0.25) is 0 Å². The van der Waals surface area contributed by atoms with Crippen molar-refractivity contribution in [3.63, 3.8) is 0 Å². The number of alkyl halides is 1. The summed E-state index contributed by atoms with van der Waals surface area (Å²) in [5.41, 5.74) is 2.70. The predicted molar refractivity (Wildman–Crippen MR) is 163 cm³/mol. The Kier molecular flexibility index (Phi) is 25.0. The zero-order valence-electron chi connectivity index (χ0n) is 23.9. The van der Waals surface area contributed by atoms with Crippen LogP contribution in [-0.4, -0.2) is 64.4 Å². The summed E-state index contributed by atoms with van der Waals surface area (Å²) in [5, 5.41) is 4.50. The van der Waals surface area contributed by atoms with E-state index >= 15 is 0 Å². The van der Waals surface area contributed by atoms with Crippen LogP contribution in [0, 0.1) is 0 Å². The Morgan fingerprint density at radius 1 is 0.632 bits per heavy atom. The lowest BCUT2D eigenvalue weighted by Crippen LogP contribution is -2.32. The minimum Gasteiger partial charge on any atom is -0.381 e. The molecule has 0 bridgehead atoms. The first-order valence-corrected chi connectivity index (χ1v) is 15.7. The lowest BCUT2D eigenvalue weighted by molar-refractivity contribution is -0.132. The molecular formula is C32H52BrNO4. The molecule has 38 heavy (non-hydrogen) atoms. The first-order chi connectivity index (χ1) is 18.8. The molecule has 216 valence electrons. The van der Waals surface area contributed by atoms with Gasteiger partial charge in [0.25, 0.3) is 0 Å². The van der Waals surface area contributed by atoms with Crippen LogP contribution in [0.15, 0.2) is 60.7 Å². The fourth-order valence-corrected chi connectivity index (χ4v) is 4.13. The maximum absolute atomic E-state index is 5.69. The van der Waals surface area contributed by atoms with Gasteiger partial charge in [-0.2, -0.15) is 0 Å². The molecule has 0 saturated carbocycles. The molecule has 0 aromatic heterocycles. The fraction of sp³-hybridized carbons (Fsp3) is 0.625. The summed E-state index contributed by atoms with van der Waals surface area (Å²) in [6.45, 7) is 10.5. The third-order valence-electron chi connectivity index (χ3n) is 5.84. The summed E-state index contributed by atoms with van der Waals surface area (Å²) in [7, 11) is 0. The summed E-state index contributed by atoms with van der Waals surface area (Å²) >= 11 is 3.42. The Balaban J connectivity index is 0.000000415. The van der Waals surface area contributed by atoms with E-state index < -0.39 is 0 Å². The monoisotopic (exact) mass is 593 g/mol. The number of hydrogen-bond acceptors (Lipinski definition) is 5. The molecule has 2 aromatic carbocycles. The Morgan fingerprint density at radius 2 is 1.13 bits per heavy atom. The Hall–Kier alpha value is -1.28. The number of nitrogens with one attached hydrogen (secondary N) is 1. The highest BCUT2D eigenvalue weighted by atomic mass is 79.9. The van der Waals surface area contributed by atoms with Crippen molar-refractivity contribution in [1.82, 2.24) is 5.32 Å². The van der Waals surface area contributed by atoms with Crippen LogP contribution in [-0.2, 0) is 31.8 Å². The molecule has 0 aliphatic rings. The first-order valence-electron chi connectivity index (χ1n) is 14.5. The normalized spacial score (nSPS) is 10.9. The molecule has 0 spiro atoms. The molecule has 6 heteroatoms. The van der Waals surface area contributed by atoms with Crippen molar-refractivity contribution in [3.05, 3.63) is 71.8 Å². The lowest BCUT2D eigenvalue weighted by Gasteiger charge is -2.17. The first kappa shape index (κ1) is 34.7. The molecule has 0 fully saturated rings. The maximum Gasteiger partial charge on any atom is 0.169 e. The van der Waals surface area contributed by atoms with Gasteiger partial charge in [0.1, 0.15) is 0 Å². The van der Waals surface area contributed by atoms with Crippen molar-refractivity contribution in [2.24, 2.45) is 0 Å². The van der Waals surface area contributed by atoms with E-state index in [0.717, 1.165) is 70.5 Å². The second-order valence-electron chi connectivity index (χ2n) is 9.05. The van der Waals surface area contributed by atoms with E-state index in [1.165, 1.54) is 36.8 Å². The van der Waals surface area contributed by atoms with Crippen LogP contribution in [0.25, 0.3) is 0 Å². The van der Waals surface area contributed by atoms with Crippen LogP contribution in [0.3, 0.4) is 0 Å². The van der Waals surface area contributed by atoms with Gasteiger partial charge < -0.3 is 24.3 Å². The van der Waals surface area contributed by atoms with E-state index in [9.17, 15) is 0 Å². The number of halogens is 1. The molecule has 2 aromatic rings. The van der Waals surface area contributed by atoms with Crippen molar-refractivity contribution in [2.75, 3.05) is 58.1 Å². The quantitative estimate of drug-likeness (QED) is 0.0837. The number of benzene rings is 2. The smallest absolute Gasteiger partial charge is 0.169 e. The third-order valence-corrected chi connectivity index (χ3v) is 6.40. The summed E-state index contributed by atoms with van der Waals surface area (Å²) < 4.78 is 22.2. The molecule has 0 aliphatic carbocycles. The highest BCUT2D eigenvalue weighted by Gasteiger charge is 2.06. The fourth-order valence-electron chi connectivity index (χ4n) is 3.74. The van der Waals surface area contributed by atoms with Gasteiger partial charge >= 0.3 is 0 Å². The molecule has 2 rings (SSSR count). The molecular weight excluding hydrogens is 542 g/mol. The number of hydrogen-bond donors (Lipinski definition) is 1. The molecule has 0 saturated heterocycles. The summed E-state index contributed by atoms with van der Waals surface area (Å²) in [6.07, 6.45) is 9.07. The molecule has 1 N–H and O–H groups in total. The summed E-state index contributed by atoms with van der Waals surface area (Å²) in [5.74, 6) is 0. The summed E-state index contributed by atoms with van der Waals surface area (Å²) in [6, 6.07) is 21.0. The number of ether oxygens (including phenoxy) is 4. The minimum absolute atomic E-state index is 0.119. The molecule has 5 nitrogen and oxygen atoms in total. The van der Waals surface area contributed by atoms with E-state index in [2.05, 4.69) is 69.8 Å². The van der Waals surface area contributed by atoms with Crippen molar-refractivity contribution >= 4 is 15.9 Å².